The SMILES string of the molecule is [O-][NH+](OCOCO[NH+]([O-])c1ccccc1)c1ccccc1. The summed E-state index contributed by atoms with van der Waals surface area (Å²) in [5.74, 6) is 0. The fourth-order valence-corrected chi connectivity index (χ4v) is 1.54. The lowest BCUT2D eigenvalue weighted by Gasteiger charge is -2.20. The maximum atomic E-state index is 11.6. The summed E-state index contributed by atoms with van der Waals surface area (Å²) in [6.07, 6.45) is 0. The molecule has 7 heteroatoms. The van der Waals surface area contributed by atoms with Gasteiger partial charge in [0.2, 0.25) is 13.6 Å². The highest BCUT2D eigenvalue weighted by molar-refractivity contribution is 5.28. The normalized spacial score (nSPS) is 13.8. The Bertz CT molecular complexity index is 464. The molecule has 0 aliphatic carbocycles. The summed E-state index contributed by atoms with van der Waals surface area (Å²) in [4.78, 5) is 9.73. The van der Waals surface area contributed by atoms with Gasteiger partial charge in [0, 0.05) is 24.3 Å². The van der Waals surface area contributed by atoms with Crippen molar-refractivity contribution in [1.29, 1.82) is 0 Å². The molecule has 0 saturated heterocycles. The van der Waals surface area contributed by atoms with E-state index in [1.807, 2.05) is 0 Å². The van der Waals surface area contributed by atoms with Crippen molar-refractivity contribution in [1.82, 2.24) is 0 Å². The van der Waals surface area contributed by atoms with E-state index in [9.17, 15) is 10.4 Å². The second-order valence-electron chi connectivity index (χ2n) is 4.04. The van der Waals surface area contributed by atoms with Crippen molar-refractivity contribution in [3.05, 3.63) is 71.1 Å². The van der Waals surface area contributed by atoms with Gasteiger partial charge in [-0.05, 0) is 0 Å². The number of quaternary nitrogens is 2. The van der Waals surface area contributed by atoms with Gasteiger partial charge in [-0.25, -0.2) is 0 Å². The second kappa shape index (κ2) is 8.45. The van der Waals surface area contributed by atoms with Crippen molar-refractivity contribution in [3.63, 3.8) is 0 Å². The fourth-order valence-electron chi connectivity index (χ4n) is 1.54. The van der Waals surface area contributed by atoms with Crippen LogP contribution in [0.25, 0.3) is 0 Å². The van der Waals surface area contributed by atoms with E-state index in [0.717, 1.165) is 0 Å². The van der Waals surface area contributed by atoms with Crippen LogP contribution in [-0.2, 0) is 14.4 Å². The summed E-state index contributed by atoms with van der Waals surface area (Å²) in [5.41, 5.74) is 0.866. The molecule has 7 nitrogen and oxygen atoms in total. The third-order valence-electron chi connectivity index (χ3n) is 2.57. The molecule has 0 aromatic heterocycles. The van der Waals surface area contributed by atoms with Crippen LogP contribution in [0, 0.1) is 10.4 Å². The predicted molar refractivity (Wildman–Crippen MR) is 73.9 cm³/mol. The minimum atomic E-state index is -0.495. The molecule has 0 aliphatic heterocycles. The van der Waals surface area contributed by atoms with Gasteiger partial charge in [-0.2, -0.15) is 20.1 Å². The smallest absolute Gasteiger partial charge is 0.208 e. The van der Waals surface area contributed by atoms with Crippen LogP contribution in [0.1, 0.15) is 0 Å². The Kier molecular flexibility index (Phi) is 6.25. The van der Waals surface area contributed by atoms with Crippen LogP contribution in [0.5, 0.6) is 0 Å². The Hall–Kier alpha value is -1.84. The molecule has 2 rings (SSSR count). The van der Waals surface area contributed by atoms with E-state index < -0.39 is 10.5 Å². The van der Waals surface area contributed by atoms with Crippen LogP contribution in [0.2, 0.25) is 0 Å². The molecule has 2 atom stereocenters. The van der Waals surface area contributed by atoms with Gasteiger partial charge >= 0.3 is 0 Å². The lowest BCUT2D eigenvalue weighted by molar-refractivity contribution is -1.01. The van der Waals surface area contributed by atoms with Crippen LogP contribution in [0.4, 0.5) is 11.4 Å². The summed E-state index contributed by atoms with van der Waals surface area (Å²) in [6.45, 7) is -0.564. The van der Waals surface area contributed by atoms with Crippen molar-refractivity contribution in [2.24, 2.45) is 0 Å². The minimum absolute atomic E-state index is 0.282. The van der Waals surface area contributed by atoms with Gasteiger partial charge in [0.1, 0.15) is 0 Å². The number of hydrogen-bond donors (Lipinski definition) is 2. The van der Waals surface area contributed by atoms with Crippen molar-refractivity contribution < 1.29 is 24.9 Å². The number of ether oxygens (including phenoxy) is 1. The van der Waals surface area contributed by atoms with Gasteiger partial charge in [0.15, 0.2) is 11.4 Å². The van der Waals surface area contributed by atoms with Crippen molar-refractivity contribution >= 4 is 11.4 Å². The molecule has 21 heavy (non-hydrogen) atoms. The Labute approximate surface area is 121 Å². The highest BCUT2D eigenvalue weighted by Gasteiger charge is 2.04. The van der Waals surface area contributed by atoms with Gasteiger partial charge in [0.25, 0.3) is 0 Å². The third-order valence-corrected chi connectivity index (χ3v) is 2.57. The van der Waals surface area contributed by atoms with Gasteiger partial charge in [0.05, 0.1) is 0 Å². The number of hydrogen-bond acceptors (Lipinski definition) is 5. The third kappa shape index (κ3) is 5.21. The molecule has 0 aliphatic rings. The molecule has 2 aromatic carbocycles. The molecule has 112 valence electrons. The first-order valence-corrected chi connectivity index (χ1v) is 6.29. The first kappa shape index (κ1) is 15.5. The Morgan fingerprint density at radius 1 is 0.667 bits per heavy atom. The molecule has 0 bridgehead atoms. The maximum Gasteiger partial charge on any atom is 0.208 e. The van der Waals surface area contributed by atoms with Gasteiger partial charge in [-0.15, -0.1) is 0 Å². The molecule has 0 saturated carbocycles. The van der Waals surface area contributed by atoms with Crippen molar-refractivity contribution in [2.75, 3.05) is 13.6 Å². The number of benzene rings is 2. The Balaban J connectivity index is 1.62. The molecular weight excluding hydrogens is 276 g/mol. The first-order valence-electron chi connectivity index (χ1n) is 6.29. The highest BCUT2D eigenvalue weighted by Crippen LogP contribution is 1.98. The first-order chi connectivity index (χ1) is 10.3. The van der Waals surface area contributed by atoms with E-state index in [-0.39, 0.29) is 13.6 Å². The molecule has 2 aromatic rings. The summed E-state index contributed by atoms with van der Waals surface area (Å²) in [7, 11) is 0. The quantitative estimate of drug-likeness (QED) is 0.413. The van der Waals surface area contributed by atoms with Gasteiger partial charge < -0.3 is 15.2 Å². The summed E-state index contributed by atoms with van der Waals surface area (Å²) in [6, 6.07) is 17.1. The van der Waals surface area contributed by atoms with Crippen LogP contribution in [0.15, 0.2) is 60.7 Å². The zero-order valence-corrected chi connectivity index (χ0v) is 11.2. The molecule has 0 fully saturated rings. The highest BCUT2D eigenvalue weighted by atomic mass is 17.0. The van der Waals surface area contributed by atoms with Crippen LogP contribution < -0.4 is 10.5 Å². The topological polar surface area (TPSA) is 82.7 Å². The van der Waals surface area contributed by atoms with E-state index in [4.69, 9.17) is 14.4 Å². The van der Waals surface area contributed by atoms with E-state index >= 15 is 0 Å². The largest absolute Gasteiger partial charge is 0.595 e. The van der Waals surface area contributed by atoms with Crippen LogP contribution in [-0.4, -0.2) is 13.6 Å². The number of nitrogens with one attached hydrogen (secondary N) is 2. The fraction of sp³-hybridized carbons (Fsp3) is 0.143. The Morgan fingerprint density at radius 2 is 1.05 bits per heavy atom. The average molecular weight is 292 g/mol. The van der Waals surface area contributed by atoms with E-state index in [1.165, 1.54) is 0 Å². The summed E-state index contributed by atoms with van der Waals surface area (Å²) in [5, 5.41) is 22.1. The molecule has 2 unspecified atom stereocenters. The van der Waals surface area contributed by atoms with E-state index in [0.29, 0.717) is 11.4 Å². The van der Waals surface area contributed by atoms with Crippen LogP contribution in [0.3, 0.4) is 0 Å². The van der Waals surface area contributed by atoms with E-state index in [1.54, 1.807) is 60.7 Å². The second-order valence-corrected chi connectivity index (χ2v) is 4.04. The summed E-state index contributed by atoms with van der Waals surface area (Å²) >= 11 is 0. The molecule has 2 N–H and O–H groups in total. The van der Waals surface area contributed by atoms with Crippen molar-refractivity contribution in [2.45, 2.75) is 0 Å². The monoisotopic (exact) mass is 292 g/mol. The minimum Gasteiger partial charge on any atom is -0.595 e. The lowest BCUT2D eigenvalue weighted by atomic mass is 10.3. The Morgan fingerprint density at radius 3 is 1.43 bits per heavy atom. The average Bonchev–Trinajstić information content (AvgIpc) is 2.55. The molecule has 0 radical (unpaired) electrons. The van der Waals surface area contributed by atoms with E-state index in [2.05, 4.69) is 0 Å². The molecule has 0 heterocycles. The molecule has 0 amide bonds. The lowest BCUT2D eigenvalue weighted by Crippen LogP contribution is -3.01. The van der Waals surface area contributed by atoms with Gasteiger partial charge in [-0.3, -0.25) is 0 Å². The van der Waals surface area contributed by atoms with Crippen LogP contribution >= 0.6 is 0 Å². The molecular formula is C14H16N2O5. The number of rotatable bonds is 8. The summed E-state index contributed by atoms with van der Waals surface area (Å²) < 4.78 is 4.93. The van der Waals surface area contributed by atoms with Crippen molar-refractivity contribution in [3.8, 4) is 0 Å². The zero-order chi connectivity index (χ0) is 14.9. The molecule has 0 spiro atoms. The maximum absolute atomic E-state index is 11.6. The van der Waals surface area contributed by atoms with Gasteiger partial charge in [-0.1, -0.05) is 36.4 Å². The predicted octanol–water partition coefficient (Wildman–Crippen LogP) is 0.210. The zero-order valence-electron chi connectivity index (χ0n) is 11.2. The standard InChI is InChI=1S/C14H16N2O5/c17-15(13-7-3-1-4-8-13)20-11-19-12-21-16(18)14-9-5-2-6-10-14/h1-10,15-16H,11-12H2.